The van der Waals surface area contributed by atoms with Crippen LogP contribution < -0.4 is 9.80 Å². The van der Waals surface area contributed by atoms with Gasteiger partial charge in [0.2, 0.25) is 0 Å². The highest BCUT2D eigenvalue weighted by molar-refractivity contribution is 5.98. The summed E-state index contributed by atoms with van der Waals surface area (Å²) in [5.74, 6) is -0.660. The molecule has 29 heavy (non-hydrogen) atoms. The van der Waals surface area contributed by atoms with E-state index < -0.39 is 0 Å². The first-order chi connectivity index (χ1) is 14.1. The number of hydrogen-bond donors (Lipinski definition) is 0. The Labute approximate surface area is 168 Å². The molecular formula is C23H20N2O4. The molecule has 0 aromatic heterocycles. The van der Waals surface area contributed by atoms with Crippen LogP contribution in [0.15, 0.2) is 48.5 Å². The molecule has 0 spiro atoms. The summed E-state index contributed by atoms with van der Waals surface area (Å²) < 4.78 is 9.72. The topological polar surface area (TPSA) is 59.1 Å². The summed E-state index contributed by atoms with van der Waals surface area (Å²) in [4.78, 5) is 28.5. The average molecular weight is 388 g/mol. The second-order valence-corrected chi connectivity index (χ2v) is 7.36. The quantitative estimate of drug-likeness (QED) is 0.624. The summed E-state index contributed by atoms with van der Waals surface area (Å²) in [7, 11) is 2.79. The molecule has 0 unspecified atom stereocenters. The van der Waals surface area contributed by atoms with Crippen LogP contribution in [0.3, 0.4) is 0 Å². The van der Waals surface area contributed by atoms with E-state index in [-0.39, 0.29) is 11.9 Å². The van der Waals surface area contributed by atoms with E-state index in [0.717, 1.165) is 36.2 Å². The number of methoxy groups -OCH3 is 2. The van der Waals surface area contributed by atoms with Crippen molar-refractivity contribution in [1.29, 1.82) is 0 Å². The first kappa shape index (κ1) is 17.6. The van der Waals surface area contributed by atoms with Gasteiger partial charge in [-0.1, -0.05) is 18.2 Å². The van der Waals surface area contributed by atoms with Crippen molar-refractivity contribution in [1.82, 2.24) is 0 Å². The van der Waals surface area contributed by atoms with Gasteiger partial charge in [-0.05, 0) is 46.7 Å². The first-order valence-electron chi connectivity index (χ1n) is 9.44. The maximum Gasteiger partial charge on any atom is 0.337 e. The number of ether oxygens (including phenoxy) is 2. The van der Waals surface area contributed by atoms with Crippen LogP contribution in [0, 0.1) is 0 Å². The summed E-state index contributed by atoms with van der Waals surface area (Å²) in [6.45, 7) is 2.29. The molecule has 2 bridgehead atoms. The predicted octanol–water partition coefficient (Wildman–Crippen LogP) is 3.71. The van der Waals surface area contributed by atoms with Crippen LogP contribution in [0.2, 0.25) is 0 Å². The molecule has 2 aliphatic rings. The van der Waals surface area contributed by atoms with Gasteiger partial charge >= 0.3 is 11.9 Å². The Morgan fingerprint density at radius 3 is 2.24 bits per heavy atom. The third-order valence-corrected chi connectivity index (χ3v) is 5.77. The van der Waals surface area contributed by atoms with Crippen molar-refractivity contribution in [3.8, 4) is 0 Å². The normalized spacial score (nSPS) is 14.3. The summed E-state index contributed by atoms with van der Waals surface area (Å²) in [5.41, 5.74) is 5.80. The van der Waals surface area contributed by atoms with Gasteiger partial charge in [-0.25, -0.2) is 9.59 Å². The van der Waals surface area contributed by atoms with Gasteiger partial charge in [0.1, 0.15) is 0 Å². The Morgan fingerprint density at radius 2 is 1.48 bits per heavy atom. The first-order valence-corrected chi connectivity index (χ1v) is 9.44. The second-order valence-electron chi connectivity index (χ2n) is 7.36. The van der Waals surface area contributed by atoms with E-state index in [1.807, 2.05) is 36.4 Å². The fourth-order valence-corrected chi connectivity index (χ4v) is 4.35. The third-order valence-electron chi connectivity index (χ3n) is 5.77. The van der Waals surface area contributed by atoms with E-state index in [1.54, 1.807) is 0 Å². The van der Waals surface area contributed by atoms with Gasteiger partial charge in [-0.3, -0.25) is 0 Å². The zero-order valence-corrected chi connectivity index (χ0v) is 16.3. The Hall–Kier alpha value is -3.54. The second kappa shape index (κ2) is 6.51. The molecule has 0 atom stereocenters. The fourth-order valence-electron chi connectivity index (χ4n) is 4.35. The smallest absolute Gasteiger partial charge is 0.337 e. The molecule has 0 N–H and O–H groups in total. The minimum absolute atomic E-state index is 0.326. The number of rotatable bonds is 2. The average Bonchev–Trinajstić information content (AvgIpc) is 2.77. The Balaban J connectivity index is 1.59. The lowest BCUT2D eigenvalue weighted by atomic mass is 9.95. The predicted molar refractivity (Wildman–Crippen MR) is 110 cm³/mol. The number of esters is 2. The number of fused-ring (bicyclic) bond motifs is 8. The lowest BCUT2D eigenvalue weighted by molar-refractivity contribution is 0.0592. The van der Waals surface area contributed by atoms with Gasteiger partial charge in [0, 0.05) is 30.0 Å². The SMILES string of the molecule is COC(=O)c1ccc2c(c1)N1Cc3c(ccc4cc(C(=O)OC)ccc34)N(C2)C1. The highest BCUT2D eigenvalue weighted by Crippen LogP contribution is 2.41. The molecule has 2 heterocycles. The summed E-state index contributed by atoms with van der Waals surface area (Å²) >= 11 is 0. The van der Waals surface area contributed by atoms with Crippen LogP contribution in [-0.4, -0.2) is 32.8 Å². The van der Waals surface area contributed by atoms with E-state index in [9.17, 15) is 9.59 Å². The number of carbonyl (C=O) groups is 2. The lowest BCUT2D eigenvalue weighted by Gasteiger charge is -2.45. The van der Waals surface area contributed by atoms with Crippen molar-refractivity contribution in [2.75, 3.05) is 30.7 Å². The third kappa shape index (κ3) is 2.71. The minimum atomic E-state index is -0.335. The maximum absolute atomic E-state index is 12.0. The van der Waals surface area contributed by atoms with Crippen LogP contribution in [0.1, 0.15) is 31.8 Å². The van der Waals surface area contributed by atoms with Crippen molar-refractivity contribution in [2.24, 2.45) is 0 Å². The van der Waals surface area contributed by atoms with E-state index >= 15 is 0 Å². The number of anilines is 2. The van der Waals surface area contributed by atoms with Crippen molar-refractivity contribution in [2.45, 2.75) is 13.1 Å². The van der Waals surface area contributed by atoms with Crippen LogP contribution in [0.5, 0.6) is 0 Å². The molecule has 0 saturated heterocycles. The van der Waals surface area contributed by atoms with Crippen LogP contribution in [0.4, 0.5) is 11.4 Å². The molecule has 5 rings (SSSR count). The number of hydrogen-bond acceptors (Lipinski definition) is 6. The number of benzene rings is 3. The lowest BCUT2D eigenvalue weighted by Crippen LogP contribution is -2.46. The standard InChI is InChI=1S/C23H20N2O4/c1-28-22(26)15-5-7-18-14(9-15)6-8-20-19(18)12-25-13-24(20)11-17-4-3-16(10-21(17)25)23(27)29-2/h3-10H,11-13H2,1-2H3. The van der Waals surface area contributed by atoms with Crippen LogP contribution >= 0.6 is 0 Å². The zero-order chi connectivity index (χ0) is 20.1. The molecule has 3 aromatic rings. The largest absolute Gasteiger partial charge is 0.465 e. The Kier molecular flexibility index (Phi) is 3.94. The number of carbonyl (C=O) groups excluding carboxylic acids is 2. The molecule has 0 radical (unpaired) electrons. The highest BCUT2D eigenvalue weighted by atomic mass is 16.5. The van der Waals surface area contributed by atoms with Gasteiger partial charge in [0.25, 0.3) is 0 Å². The van der Waals surface area contributed by atoms with Crippen LogP contribution in [0.25, 0.3) is 10.8 Å². The van der Waals surface area contributed by atoms with Gasteiger partial charge < -0.3 is 19.3 Å². The molecule has 0 aliphatic carbocycles. The van der Waals surface area contributed by atoms with Gasteiger partial charge in [-0.15, -0.1) is 0 Å². The molecule has 2 aliphatic heterocycles. The number of nitrogens with zero attached hydrogens (tertiary/aromatic N) is 2. The van der Waals surface area contributed by atoms with Gasteiger partial charge in [0.05, 0.1) is 32.0 Å². The Bertz CT molecular complexity index is 1170. The molecular weight excluding hydrogens is 368 g/mol. The minimum Gasteiger partial charge on any atom is -0.465 e. The van der Waals surface area contributed by atoms with E-state index in [1.165, 1.54) is 31.0 Å². The molecule has 146 valence electrons. The van der Waals surface area contributed by atoms with Crippen molar-refractivity contribution in [3.05, 3.63) is 70.8 Å². The highest BCUT2D eigenvalue weighted by Gasteiger charge is 2.31. The van der Waals surface area contributed by atoms with E-state index in [2.05, 4.69) is 21.9 Å². The maximum atomic E-state index is 12.0. The fraction of sp³-hybridized carbons (Fsp3) is 0.217. The Morgan fingerprint density at radius 1 is 0.793 bits per heavy atom. The van der Waals surface area contributed by atoms with Crippen LogP contribution in [-0.2, 0) is 22.6 Å². The molecule has 0 saturated carbocycles. The summed E-state index contributed by atoms with van der Waals surface area (Å²) in [6.07, 6.45) is 0. The molecule has 0 fully saturated rings. The van der Waals surface area contributed by atoms with Crippen molar-refractivity contribution < 1.29 is 19.1 Å². The monoisotopic (exact) mass is 388 g/mol. The van der Waals surface area contributed by atoms with Crippen molar-refractivity contribution >= 4 is 34.1 Å². The molecule has 0 amide bonds. The summed E-state index contributed by atoms with van der Waals surface area (Å²) in [5, 5.41) is 2.13. The molecule has 6 heteroatoms. The van der Waals surface area contributed by atoms with Gasteiger partial charge in [0.15, 0.2) is 0 Å². The van der Waals surface area contributed by atoms with Gasteiger partial charge in [-0.2, -0.15) is 0 Å². The van der Waals surface area contributed by atoms with E-state index in [4.69, 9.17) is 9.47 Å². The summed E-state index contributed by atoms with van der Waals surface area (Å²) in [6, 6.07) is 15.6. The molecule has 6 nitrogen and oxygen atoms in total. The van der Waals surface area contributed by atoms with Crippen molar-refractivity contribution in [3.63, 3.8) is 0 Å². The zero-order valence-electron chi connectivity index (χ0n) is 16.3. The molecule has 3 aromatic carbocycles. The van der Waals surface area contributed by atoms with E-state index in [0.29, 0.717) is 11.1 Å².